The number of carboxylic acids is 1. The second-order valence-corrected chi connectivity index (χ2v) is 4.39. The van der Waals surface area contributed by atoms with Crippen molar-refractivity contribution in [2.75, 3.05) is 13.2 Å². The van der Waals surface area contributed by atoms with Crippen LogP contribution in [0.2, 0.25) is 5.02 Å². The van der Waals surface area contributed by atoms with Crippen LogP contribution >= 0.6 is 11.6 Å². The Morgan fingerprint density at radius 1 is 1.31 bits per heavy atom. The predicted octanol–water partition coefficient (Wildman–Crippen LogP) is 2.47. The van der Waals surface area contributed by atoms with Crippen molar-refractivity contribution in [2.24, 2.45) is 0 Å². The van der Waals surface area contributed by atoms with E-state index in [9.17, 15) is 9.90 Å². The molecule has 0 saturated carbocycles. The van der Waals surface area contributed by atoms with Crippen molar-refractivity contribution in [1.29, 1.82) is 0 Å². The molecule has 1 aliphatic heterocycles. The summed E-state index contributed by atoms with van der Waals surface area (Å²) in [5.41, 5.74) is -0.177. The Hall–Kier alpha value is -1.06. The van der Waals surface area contributed by atoms with E-state index in [0.717, 1.165) is 0 Å². The van der Waals surface area contributed by atoms with Gasteiger partial charge < -0.3 is 9.84 Å². The Labute approximate surface area is 99.0 Å². The summed E-state index contributed by atoms with van der Waals surface area (Å²) in [7, 11) is 0. The fourth-order valence-corrected chi connectivity index (χ4v) is 2.48. The van der Waals surface area contributed by atoms with Gasteiger partial charge >= 0.3 is 5.97 Å². The second-order valence-electron chi connectivity index (χ2n) is 3.98. The molecule has 0 bridgehead atoms. The quantitative estimate of drug-likeness (QED) is 0.864. The first-order valence-corrected chi connectivity index (χ1v) is 5.61. The van der Waals surface area contributed by atoms with E-state index < -0.39 is 11.4 Å². The summed E-state index contributed by atoms with van der Waals surface area (Å²) in [6.07, 6.45) is 0.956. The van der Waals surface area contributed by atoms with E-state index in [4.69, 9.17) is 16.3 Å². The molecular weight excluding hydrogens is 228 g/mol. The molecule has 1 aromatic carbocycles. The van der Waals surface area contributed by atoms with Gasteiger partial charge in [0.25, 0.3) is 0 Å². The van der Waals surface area contributed by atoms with E-state index in [0.29, 0.717) is 36.6 Å². The average Bonchev–Trinajstić information content (AvgIpc) is 2.30. The first-order valence-electron chi connectivity index (χ1n) is 5.23. The Kier molecular flexibility index (Phi) is 3.17. The fraction of sp³-hybridized carbons (Fsp3) is 0.417. The van der Waals surface area contributed by atoms with Gasteiger partial charge in [-0.1, -0.05) is 29.8 Å². The number of hydrogen-bond acceptors (Lipinski definition) is 2. The van der Waals surface area contributed by atoms with Crippen LogP contribution in [0, 0.1) is 0 Å². The normalized spacial score (nSPS) is 19.3. The van der Waals surface area contributed by atoms with Gasteiger partial charge in [0.1, 0.15) is 0 Å². The number of benzene rings is 1. The minimum absolute atomic E-state index is 0.470. The number of aliphatic carboxylic acids is 1. The molecular formula is C12H13ClO3. The highest BCUT2D eigenvalue weighted by molar-refractivity contribution is 6.31. The van der Waals surface area contributed by atoms with Crippen LogP contribution in [-0.4, -0.2) is 24.3 Å². The van der Waals surface area contributed by atoms with E-state index in [1.54, 1.807) is 18.2 Å². The van der Waals surface area contributed by atoms with Crippen molar-refractivity contribution < 1.29 is 14.6 Å². The lowest BCUT2D eigenvalue weighted by atomic mass is 9.74. The first-order chi connectivity index (χ1) is 7.67. The zero-order valence-electron chi connectivity index (χ0n) is 8.78. The van der Waals surface area contributed by atoms with Crippen LogP contribution in [0.25, 0.3) is 0 Å². The zero-order chi connectivity index (χ0) is 11.6. The van der Waals surface area contributed by atoms with Gasteiger partial charge in [-0.25, -0.2) is 0 Å². The number of hydrogen-bond donors (Lipinski definition) is 1. The van der Waals surface area contributed by atoms with E-state index >= 15 is 0 Å². The zero-order valence-corrected chi connectivity index (χ0v) is 9.54. The molecule has 4 heteroatoms. The third kappa shape index (κ3) is 1.81. The van der Waals surface area contributed by atoms with E-state index in [1.807, 2.05) is 6.07 Å². The summed E-state index contributed by atoms with van der Waals surface area (Å²) in [5.74, 6) is -0.816. The third-order valence-electron chi connectivity index (χ3n) is 3.15. The molecule has 1 saturated heterocycles. The monoisotopic (exact) mass is 240 g/mol. The van der Waals surface area contributed by atoms with E-state index in [2.05, 4.69) is 0 Å². The van der Waals surface area contributed by atoms with Gasteiger partial charge in [0.15, 0.2) is 0 Å². The van der Waals surface area contributed by atoms with Gasteiger partial charge in [0, 0.05) is 18.2 Å². The standard InChI is InChI=1S/C12H13ClO3/c13-10-4-2-1-3-9(10)12(11(14)15)5-7-16-8-6-12/h1-4H,5-8H2,(H,14,15). The van der Waals surface area contributed by atoms with Crippen molar-refractivity contribution in [3.63, 3.8) is 0 Å². The van der Waals surface area contributed by atoms with Crippen molar-refractivity contribution in [1.82, 2.24) is 0 Å². The van der Waals surface area contributed by atoms with Crippen LogP contribution in [0.5, 0.6) is 0 Å². The molecule has 0 unspecified atom stereocenters. The highest BCUT2D eigenvalue weighted by Gasteiger charge is 2.43. The van der Waals surface area contributed by atoms with E-state index in [1.165, 1.54) is 0 Å². The molecule has 86 valence electrons. The number of carboxylic acid groups (broad SMARTS) is 1. The topological polar surface area (TPSA) is 46.5 Å². The summed E-state index contributed by atoms with van der Waals surface area (Å²) in [5, 5.41) is 9.97. The molecule has 1 N–H and O–H groups in total. The van der Waals surface area contributed by atoms with Crippen molar-refractivity contribution in [2.45, 2.75) is 18.3 Å². The Balaban J connectivity index is 2.47. The summed E-state index contributed by atoms with van der Waals surface area (Å²) < 4.78 is 5.23. The molecule has 0 atom stereocenters. The second kappa shape index (κ2) is 4.44. The molecule has 1 heterocycles. The summed E-state index contributed by atoms with van der Waals surface area (Å²) in [6.45, 7) is 0.940. The smallest absolute Gasteiger partial charge is 0.314 e. The number of halogens is 1. The lowest BCUT2D eigenvalue weighted by molar-refractivity contribution is -0.147. The van der Waals surface area contributed by atoms with Crippen molar-refractivity contribution >= 4 is 17.6 Å². The van der Waals surface area contributed by atoms with Gasteiger partial charge in [-0.3, -0.25) is 4.79 Å². The Morgan fingerprint density at radius 3 is 2.50 bits per heavy atom. The van der Waals surface area contributed by atoms with E-state index in [-0.39, 0.29) is 0 Å². The SMILES string of the molecule is O=C(O)C1(c2ccccc2Cl)CCOCC1. The van der Waals surface area contributed by atoms with Crippen LogP contribution in [0.1, 0.15) is 18.4 Å². The number of carbonyl (C=O) groups is 1. The number of rotatable bonds is 2. The third-order valence-corrected chi connectivity index (χ3v) is 3.47. The molecule has 0 aliphatic carbocycles. The minimum Gasteiger partial charge on any atom is -0.481 e. The molecule has 1 fully saturated rings. The van der Waals surface area contributed by atoms with Gasteiger partial charge in [0.2, 0.25) is 0 Å². The van der Waals surface area contributed by atoms with Crippen LogP contribution in [0.3, 0.4) is 0 Å². The maximum atomic E-state index is 11.5. The molecule has 1 aromatic rings. The largest absolute Gasteiger partial charge is 0.481 e. The summed E-state index contributed by atoms with van der Waals surface area (Å²) in [6, 6.07) is 7.15. The molecule has 0 radical (unpaired) electrons. The first kappa shape index (κ1) is 11.4. The molecule has 1 aliphatic rings. The van der Waals surface area contributed by atoms with Crippen LogP contribution < -0.4 is 0 Å². The Bertz CT molecular complexity index is 397. The molecule has 0 aromatic heterocycles. The van der Waals surface area contributed by atoms with Gasteiger partial charge in [-0.2, -0.15) is 0 Å². The van der Waals surface area contributed by atoms with Gasteiger partial charge in [-0.15, -0.1) is 0 Å². The molecule has 16 heavy (non-hydrogen) atoms. The molecule has 2 rings (SSSR count). The highest BCUT2D eigenvalue weighted by Crippen LogP contribution is 2.38. The highest BCUT2D eigenvalue weighted by atomic mass is 35.5. The maximum absolute atomic E-state index is 11.5. The van der Waals surface area contributed by atoms with Gasteiger partial charge in [0.05, 0.1) is 5.41 Å². The number of ether oxygens (including phenoxy) is 1. The molecule has 0 spiro atoms. The van der Waals surface area contributed by atoms with Gasteiger partial charge in [-0.05, 0) is 24.5 Å². The fourth-order valence-electron chi connectivity index (χ4n) is 2.17. The lowest BCUT2D eigenvalue weighted by Crippen LogP contribution is -2.41. The maximum Gasteiger partial charge on any atom is 0.314 e. The lowest BCUT2D eigenvalue weighted by Gasteiger charge is -2.34. The molecule has 0 amide bonds. The molecule has 3 nitrogen and oxygen atoms in total. The summed E-state index contributed by atoms with van der Waals surface area (Å²) >= 11 is 6.09. The van der Waals surface area contributed by atoms with Crippen LogP contribution in [0.15, 0.2) is 24.3 Å². The summed E-state index contributed by atoms with van der Waals surface area (Å²) in [4.78, 5) is 11.5. The average molecular weight is 241 g/mol. The van der Waals surface area contributed by atoms with Crippen molar-refractivity contribution in [3.8, 4) is 0 Å². The minimum atomic E-state index is -0.878. The van der Waals surface area contributed by atoms with Crippen LogP contribution in [0.4, 0.5) is 0 Å². The Morgan fingerprint density at radius 2 is 1.94 bits per heavy atom. The van der Waals surface area contributed by atoms with Crippen LogP contribution in [-0.2, 0) is 14.9 Å². The predicted molar refractivity (Wildman–Crippen MR) is 60.8 cm³/mol. The van der Waals surface area contributed by atoms with Crippen molar-refractivity contribution in [3.05, 3.63) is 34.9 Å².